The molecule has 1 aliphatic rings. The third kappa shape index (κ3) is 1.95. The number of hydrogen-bond acceptors (Lipinski definition) is 5. The fourth-order valence-electron chi connectivity index (χ4n) is 2.19. The van der Waals surface area contributed by atoms with Crippen molar-refractivity contribution in [1.29, 1.82) is 0 Å². The van der Waals surface area contributed by atoms with Crippen molar-refractivity contribution in [3.05, 3.63) is 24.3 Å². The number of para-hydroxylation sites is 2. The first-order valence-electron chi connectivity index (χ1n) is 5.93. The lowest BCUT2D eigenvalue weighted by Gasteiger charge is -2.10. The summed E-state index contributed by atoms with van der Waals surface area (Å²) in [5, 5.41) is 0. The zero-order valence-corrected chi connectivity index (χ0v) is 10.3. The van der Waals surface area contributed by atoms with Crippen LogP contribution >= 0.6 is 0 Å². The average Bonchev–Trinajstić information content (AvgIpc) is 3.00. The summed E-state index contributed by atoms with van der Waals surface area (Å²) in [5.41, 5.74) is 1.30. The molecule has 1 aliphatic heterocycles. The molecule has 19 heavy (non-hydrogen) atoms. The van der Waals surface area contributed by atoms with Crippen LogP contribution in [0.2, 0.25) is 0 Å². The number of methoxy groups -OCH3 is 1. The lowest BCUT2D eigenvalue weighted by atomic mass is 10.1. The molecule has 1 saturated heterocycles. The Labute approximate surface area is 109 Å². The monoisotopic (exact) mass is 260 g/mol. The summed E-state index contributed by atoms with van der Waals surface area (Å²) < 4.78 is 10.2. The molecule has 0 aliphatic carbocycles. The highest BCUT2D eigenvalue weighted by Crippen LogP contribution is 2.28. The average molecular weight is 260 g/mol. The van der Waals surface area contributed by atoms with Crippen LogP contribution in [-0.2, 0) is 14.3 Å². The molecule has 0 bridgehead atoms. The Hall–Kier alpha value is -2.37. The van der Waals surface area contributed by atoms with Crippen LogP contribution < -0.4 is 4.90 Å². The predicted molar refractivity (Wildman–Crippen MR) is 66.5 cm³/mol. The van der Waals surface area contributed by atoms with Crippen LogP contribution in [0.4, 0.5) is 6.01 Å². The summed E-state index contributed by atoms with van der Waals surface area (Å²) in [4.78, 5) is 29.0. The molecule has 0 radical (unpaired) electrons. The molecule has 6 nitrogen and oxygen atoms in total. The molecule has 1 amide bonds. The number of oxazole rings is 1. The molecule has 6 heteroatoms. The second-order valence-corrected chi connectivity index (χ2v) is 4.39. The van der Waals surface area contributed by atoms with Crippen molar-refractivity contribution in [2.45, 2.75) is 6.42 Å². The maximum absolute atomic E-state index is 11.9. The van der Waals surface area contributed by atoms with E-state index in [1.54, 1.807) is 12.1 Å². The lowest BCUT2D eigenvalue weighted by molar-refractivity contribution is -0.145. The SMILES string of the molecule is COC(=O)C1CC(=O)N(c2nc3ccccc3o2)C1. The number of amides is 1. The lowest BCUT2D eigenvalue weighted by Crippen LogP contribution is -2.26. The van der Waals surface area contributed by atoms with E-state index >= 15 is 0 Å². The van der Waals surface area contributed by atoms with Gasteiger partial charge in [0.2, 0.25) is 5.91 Å². The van der Waals surface area contributed by atoms with Gasteiger partial charge in [-0.05, 0) is 12.1 Å². The van der Waals surface area contributed by atoms with E-state index in [1.165, 1.54) is 12.0 Å². The third-order valence-electron chi connectivity index (χ3n) is 3.17. The molecule has 0 N–H and O–H groups in total. The molecule has 0 saturated carbocycles. The fraction of sp³-hybridized carbons (Fsp3) is 0.308. The quantitative estimate of drug-likeness (QED) is 0.762. The largest absolute Gasteiger partial charge is 0.469 e. The van der Waals surface area contributed by atoms with Crippen LogP contribution in [0.3, 0.4) is 0 Å². The second kappa shape index (κ2) is 4.38. The minimum absolute atomic E-state index is 0.130. The number of hydrogen-bond donors (Lipinski definition) is 0. The Morgan fingerprint density at radius 2 is 2.26 bits per heavy atom. The van der Waals surface area contributed by atoms with Gasteiger partial charge in [-0.15, -0.1) is 0 Å². The molecular weight excluding hydrogens is 248 g/mol. The van der Waals surface area contributed by atoms with Crippen LogP contribution in [-0.4, -0.2) is 30.5 Å². The Balaban J connectivity index is 1.90. The van der Waals surface area contributed by atoms with Crippen LogP contribution in [0, 0.1) is 5.92 Å². The molecule has 98 valence electrons. The van der Waals surface area contributed by atoms with Gasteiger partial charge in [0.1, 0.15) is 5.52 Å². The van der Waals surface area contributed by atoms with Gasteiger partial charge in [-0.25, -0.2) is 0 Å². The predicted octanol–water partition coefficient (Wildman–Crippen LogP) is 1.35. The van der Waals surface area contributed by atoms with E-state index < -0.39 is 5.92 Å². The van der Waals surface area contributed by atoms with Crippen LogP contribution in [0.5, 0.6) is 0 Å². The minimum atomic E-state index is -0.451. The van der Waals surface area contributed by atoms with Gasteiger partial charge < -0.3 is 9.15 Å². The molecule has 0 spiro atoms. The number of aromatic nitrogens is 1. The number of nitrogens with zero attached hydrogens (tertiary/aromatic N) is 2. The molecule has 1 aromatic heterocycles. The highest BCUT2D eigenvalue weighted by Gasteiger charge is 2.38. The van der Waals surface area contributed by atoms with Crippen molar-refractivity contribution in [1.82, 2.24) is 4.98 Å². The summed E-state index contributed by atoms with van der Waals surface area (Å²) in [7, 11) is 1.31. The molecule has 1 unspecified atom stereocenters. The second-order valence-electron chi connectivity index (χ2n) is 4.39. The number of benzene rings is 1. The van der Waals surface area contributed by atoms with E-state index in [1.807, 2.05) is 12.1 Å². The normalized spacial score (nSPS) is 19.1. The fourth-order valence-corrected chi connectivity index (χ4v) is 2.19. The first kappa shape index (κ1) is 11.7. The summed E-state index contributed by atoms with van der Waals surface area (Å²) in [6, 6.07) is 7.50. The number of carbonyl (C=O) groups is 2. The Morgan fingerprint density at radius 3 is 3.00 bits per heavy atom. The van der Waals surface area contributed by atoms with Gasteiger partial charge in [-0.2, -0.15) is 4.98 Å². The number of fused-ring (bicyclic) bond motifs is 1. The number of carbonyl (C=O) groups excluding carboxylic acids is 2. The highest BCUT2D eigenvalue weighted by molar-refractivity contribution is 5.98. The Morgan fingerprint density at radius 1 is 1.47 bits per heavy atom. The standard InChI is InChI=1S/C13H12N2O4/c1-18-12(17)8-6-11(16)15(7-8)13-14-9-4-2-3-5-10(9)19-13/h2-5,8H,6-7H2,1H3. The van der Waals surface area contributed by atoms with Gasteiger partial charge in [0, 0.05) is 13.0 Å². The van der Waals surface area contributed by atoms with Gasteiger partial charge >= 0.3 is 12.0 Å². The first-order chi connectivity index (χ1) is 9.19. The van der Waals surface area contributed by atoms with Crippen molar-refractivity contribution in [3.8, 4) is 0 Å². The van der Waals surface area contributed by atoms with Gasteiger partial charge in [0.15, 0.2) is 5.58 Å². The van der Waals surface area contributed by atoms with E-state index in [0.29, 0.717) is 11.1 Å². The minimum Gasteiger partial charge on any atom is -0.469 e. The van der Waals surface area contributed by atoms with Gasteiger partial charge in [-0.1, -0.05) is 12.1 Å². The molecule has 1 atom stereocenters. The van der Waals surface area contributed by atoms with Gasteiger partial charge in [-0.3, -0.25) is 14.5 Å². The topological polar surface area (TPSA) is 72.6 Å². The van der Waals surface area contributed by atoms with Crippen molar-refractivity contribution < 1.29 is 18.7 Å². The zero-order chi connectivity index (χ0) is 13.4. The van der Waals surface area contributed by atoms with Gasteiger partial charge in [0.05, 0.1) is 13.0 Å². The first-order valence-corrected chi connectivity index (χ1v) is 5.93. The van der Waals surface area contributed by atoms with E-state index in [-0.39, 0.29) is 30.9 Å². The van der Waals surface area contributed by atoms with E-state index in [9.17, 15) is 9.59 Å². The molecule has 3 rings (SSSR count). The van der Waals surface area contributed by atoms with Crippen molar-refractivity contribution >= 4 is 29.0 Å². The Kier molecular flexibility index (Phi) is 2.70. The highest BCUT2D eigenvalue weighted by atomic mass is 16.5. The van der Waals surface area contributed by atoms with E-state index in [4.69, 9.17) is 4.42 Å². The number of anilines is 1. The third-order valence-corrected chi connectivity index (χ3v) is 3.17. The van der Waals surface area contributed by atoms with E-state index in [0.717, 1.165) is 0 Å². The van der Waals surface area contributed by atoms with Crippen LogP contribution in [0.1, 0.15) is 6.42 Å². The van der Waals surface area contributed by atoms with Crippen molar-refractivity contribution in [2.75, 3.05) is 18.6 Å². The van der Waals surface area contributed by atoms with Crippen LogP contribution in [0.15, 0.2) is 28.7 Å². The van der Waals surface area contributed by atoms with E-state index in [2.05, 4.69) is 9.72 Å². The van der Waals surface area contributed by atoms with Crippen LogP contribution in [0.25, 0.3) is 11.1 Å². The van der Waals surface area contributed by atoms with Crippen molar-refractivity contribution in [3.63, 3.8) is 0 Å². The summed E-state index contributed by atoms with van der Waals surface area (Å²) >= 11 is 0. The maximum Gasteiger partial charge on any atom is 0.311 e. The summed E-state index contributed by atoms with van der Waals surface area (Å²) in [5.74, 6) is -1.01. The molecule has 1 aromatic carbocycles. The summed E-state index contributed by atoms with van der Waals surface area (Å²) in [6.45, 7) is 0.248. The number of esters is 1. The van der Waals surface area contributed by atoms with Gasteiger partial charge in [0.25, 0.3) is 0 Å². The zero-order valence-electron chi connectivity index (χ0n) is 10.3. The smallest absolute Gasteiger partial charge is 0.311 e. The van der Waals surface area contributed by atoms with Crippen molar-refractivity contribution in [2.24, 2.45) is 5.92 Å². The number of rotatable bonds is 2. The molecule has 1 fully saturated rings. The summed E-state index contributed by atoms with van der Waals surface area (Å²) in [6.07, 6.45) is 0.130. The molecule has 2 aromatic rings. The Bertz CT molecular complexity index is 616. The number of ether oxygens (including phenoxy) is 1. The molecular formula is C13H12N2O4. The maximum atomic E-state index is 11.9. The molecule has 2 heterocycles.